The van der Waals surface area contributed by atoms with Gasteiger partial charge in [-0.05, 0) is 42.0 Å². The summed E-state index contributed by atoms with van der Waals surface area (Å²) in [6, 6.07) is 17.7. The number of aromatic amines is 1. The van der Waals surface area contributed by atoms with Gasteiger partial charge >= 0.3 is 0 Å². The van der Waals surface area contributed by atoms with Crippen LogP contribution in [0.3, 0.4) is 0 Å². The molecule has 0 aliphatic rings. The van der Waals surface area contributed by atoms with Crippen LogP contribution in [-0.2, 0) is 4.79 Å². The van der Waals surface area contributed by atoms with Gasteiger partial charge in [-0.15, -0.1) is 0 Å². The number of halogens is 1. The number of aromatic nitrogens is 3. The van der Waals surface area contributed by atoms with Crippen LogP contribution >= 0.6 is 0 Å². The highest BCUT2D eigenvalue weighted by Gasteiger charge is 2.22. The Morgan fingerprint density at radius 1 is 0.862 bits per heavy atom. The minimum atomic E-state index is -0.802. The van der Waals surface area contributed by atoms with Crippen LogP contribution in [0.1, 0.15) is 10.4 Å². The molecular weight excluding hydrogens is 371 g/mol. The lowest BCUT2D eigenvalue weighted by Crippen LogP contribution is -2.23. The van der Waals surface area contributed by atoms with Gasteiger partial charge in [0.25, 0.3) is 11.7 Å². The van der Waals surface area contributed by atoms with Crippen LogP contribution in [-0.4, -0.2) is 26.9 Å². The number of nitrogens with zero attached hydrogens (tertiary/aromatic N) is 2. The van der Waals surface area contributed by atoms with Gasteiger partial charge < -0.3 is 5.32 Å². The van der Waals surface area contributed by atoms with E-state index in [2.05, 4.69) is 20.5 Å². The molecule has 1 amide bonds. The second-order valence-corrected chi connectivity index (χ2v) is 6.21. The van der Waals surface area contributed by atoms with Crippen molar-refractivity contribution in [2.45, 2.75) is 0 Å². The van der Waals surface area contributed by atoms with Gasteiger partial charge in [-0.25, -0.2) is 4.39 Å². The van der Waals surface area contributed by atoms with E-state index in [0.29, 0.717) is 16.8 Å². The SMILES string of the molecule is O=C(Nc1n[nH]c(-c2ccc(F)cc2)c1-c1ccncc1)C(=O)c1ccccc1. The number of hydrogen-bond acceptors (Lipinski definition) is 4. The molecule has 29 heavy (non-hydrogen) atoms. The molecule has 0 unspecified atom stereocenters. The van der Waals surface area contributed by atoms with E-state index in [1.165, 1.54) is 12.1 Å². The van der Waals surface area contributed by atoms with Gasteiger partial charge in [0.1, 0.15) is 5.82 Å². The minimum Gasteiger partial charge on any atom is -0.302 e. The van der Waals surface area contributed by atoms with E-state index in [9.17, 15) is 14.0 Å². The van der Waals surface area contributed by atoms with E-state index >= 15 is 0 Å². The number of carbonyl (C=O) groups excluding carboxylic acids is 2. The Kier molecular flexibility index (Phi) is 4.94. The highest BCUT2D eigenvalue weighted by atomic mass is 19.1. The van der Waals surface area contributed by atoms with Crippen molar-refractivity contribution in [3.05, 3.63) is 90.5 Å². The Morgan fingerprint density at radius 3 is 2.24 bits per heavy atom. The van der Waals surface area contributed by atoms with Gasteiger partial charge in [-0.2, -0.15) is 5.10 Å². The molecule has 2 aromatic heterocycles. The van der Waals surface area contributed by atoms with Crippen LogP contribution in [0.2, 0.25) is 0 Å². The zero-order valence-electron chi connectivity index (χ0n) is 15.1. The highest BCUT2D eigenvalue weighted by molar-refractivity contribution is 6.46. The van der Waals surface area contributed by atoms with Crippen LogP contribution in [0.25, 0.3) is 22.4 Å². The Hall–Kier alpha value is -4.13. The summed E-state index contributed by atoms with van der Waals surface area (Å²) in [6.45, 7) is 0. The maximum absolute atomic E-state index is 13.3. The fourth-order valence-electron chi connectivity index (χ4n) is 2.94. The van der Waals surface area contributed by atoms with E-state index < -0.39 is 11.7 Å². The third-order valence-corrected chi connectivity index (χ3v) is 4.34. The molecule has 4 rings (SSSR count). The lowest BCUT2D eigenvalue weighted by atomic mass is 10.0. The van der Waals surface area contributed by atoms with Crippen molar-refractivity contribution >= 4 is 17.5 Å². The van der Waals surface area contributed by atoms with Gasteiger partial charge in [0, 0.05) is 23.5 Å². The molecule has 0 saturated heterocycles. The summed E-state index contributed by atoms with van der Waals surface area (Å²) in [5.41, 5.74) is 2.85. The van der Waals surface area contributed by atoms with Gasteiger partial charge in [-0.3, -0.25) is 19.7 Å². The third-order valence-electron chi connectivity index (χ3n) is 4.34. The molecule has 2 N–H and O–H groups in total. The molecule has 6 nitrogen and oxygen atoms in total. The Labute approximate surface area is 165 Å². The average Bonchev–Trinajstić information content (AvgIpc) is 3.18. The van der Waals surface area contributed by atoms with Crippen LogP contribution in [0, 0.1) is 5.82 Å². The van der Waals surface area contributed by atoms with Crippen molar-refractivity contribution in [2.75, 3.05) is 5.32 Å². The fraction of sp³-hybridized carbons (Fsp3) is 0. The normalized spacial score (nSPS) is 10.5. The maximum Gasteiger partial charge on any atom is 0.297 e. The Balaban J connectivity index is 1.73. The first-order valence-electron chi connectivity index (χ1n) is 8.79. The zero-order valence-corrected chi connectivity index (χ0v) is 15.1. The van der Waals surface area contributed by atoms with Gasteiger partial charge in [-0.1, -0.05) is 30.3 Å². The molecule has 0 saturated carbocycles. The van der Waals surface area contributed by atoms with E-state index in [1.807, 2.05) is 0 Å². The summed E-state index contributed by atoms with van der Waals surface area (Å²) < 4.78 is 13.3. The highest BCUT2D eigenvalue weighted by Crippen LogP contribution is 2.35. The predicted octanol–water partition coefficient (Wildman–Crippen LogP) is 4.10. The molecule has 0 aliphatic heterocycles. The lowest BCUT2D eigenvalue weighted by molar-refractivity contribution is -0.112. The average molecular weight is 386 g/mol. The number of amides is 1. The third kappa shape index (κ3) is 3.79. The molecule has 0 atom stereocenters. The maximum atomic E-state index is 13.3. The number of rotatable bonds is 5. The van der Waals surface area contributed by atoms with Crippen LogP contribution in [0.15, 0.2) is 79.1 Å². The van der Waals surface area contributed by atoms with Crippen molar-refractivity contribution in [1.82, 2.24) is 15.2 Å². The summed E-state index contributed by atoms with van der Waals surface area (Å²) in [5, 5.41) is 9.64. The largest absolute Gasteiger partial charge is 0.302 e. The molecule has 7 heteroatoms. The van der Waals surface area contributed by atoms with Crippen molar-refractivity contribution in [2.24, 2.45) is 0 Å². The molecule has 2 heterocycles. The monoisotopic (exact) mass is 386 g/mol. The van der Waals surface area contributed by atoms with E-state index in [-0.39, 0.29) is 17.2 Å². The number of nitrogens with one attached hydrogen (secondary N) is 2. The molecule has 0 bridgehead atoms. The number of carbonyl (C=O) groups is 2. The Morgan fingerprint density at radius 2 is 1.55 bits per heavy atom. The molecule has 4 aromatic rings. The van der Waals surface area contributed by atoms with E-state index in [1.54, 1.807) is 67.0 Å². The standard InChI is InChI=1S/C22H15FN4O2/c23-17-8-6-15(7-9-17)19-18(14-10-12-24-13-11-14)21(27-26-19)25-22(29)20(28)16-4-2-1-3-5-16/h1-13H,(H2,25,26,27,29). The lowest BCUT2D eigenvalue weighted by Gasteiger charge is -2.08. The molecule has 0 fully saturated rings. The van der Waals surface area contributed by atoms with Gasteiger partial charge in [0.05, 0.1) is 11.3 Å². The minimum absolute atomic E-state index is 0.199. The second-order valence-electron chi connectivity index (χ2n) is 6.21. The van der Waals surface area contributed by atoms with Crippen LogP contribution in [0.4, 0.5) is 10.2 Å². The number of benzene rings is 2. The number of H-pyrrole nitrogens is 1. The topological polar surface area (TPSA) is 87.7 Å². The second kappa shape index (κ2) is 7.85. The van der Waals surface area contributed by atoms with Crippen molar-refractivity contribution in [1.29, 1.82) is 0 Å². The molecule has 0 radical (unpaired) electrons. The molecule has 0 aliphatic carbocycles. The summed E-state index contributed by atoms with van der Waals surface area (Å²) in [6.07, 6.45) is 3.22. The molecular formula is C22H15FN4O2. The first kappa shape index (κ1) is 18.2. The van der Waals surface area contributed by atoms with Gasteiger partial charge in [0.2, 0.25) is 0 Å². The summed E-state index contributed by atoms with van der Waals surface area (Å²) in [7, 11) is 0. The molecule has 0 spiro atoms. The van der Waals surface area contributed by atoms with Crippen molar-refractivity contribution in [3.63, 3.8) is 0 Å². The number of ketones is 1. The smallest absolute Gasteiger partial charge is 0.297 e. The Bertz CT molecular complexity index is 1160. The van der Waals surface area contributed by atoms with E-state index in [0.717, 1.165) is 5.56 Å². The first-order valence-corrected chi connectivity index (χ1v) is 8.79. The number of anilines is 1. The van der Waals surface area contributed by atoms with Crippen molar-refractivity contribution < 1.29 is 14.0 Å². The summed E-state index contributed by atoms with van der Waals surface area (Å²) in [5.74, 6) is -1.63. The number of pyridine rings is 1. The van der Waals surface area contributed by atoms with E-state index in [4.69, 9.17) is 0 Å². The van der Waals surface area contributed by atoms with Crippen LogP contribution in [0.5, 0.6) is 0 Å². The molecule has 2 aromatic carbocycles. The number of hydrogen-bond donors (Lipinski definition) is 2. The van der Waals surface area contributed by atoms with Crippen LogP contribution < -0.4 is 5.32 Å². The summed E-state index contributed by atoms with van der Waals surface area (Å²) in [4.78, 5) is 28.9. The quantitative estimate of drug-likeness (QED) is 0.399. The zero-order chi connectivity index (χ0) is 20.2. The van der Waals surface area contributed by atoms with Crippen molar-refractivity contribution in [3.8, 4) is 22.4 Å². The molecule has 142 valence electrons. The predicted molar refractivity (Wildman–Crippen MR) is 107 cm³/mol. The number of Topliss-reactive ketones (excluding diaryl/α,β-unsaturated/α-hetero) is 1. The summed E-state index contributed by atoms with van der Waals surface area (Å²) >= 11 is 0. The van der Waals surface area contributed by atoms with Gasteiger partial charge in [0.15, 0.2) is 5.82 Å². The first-order chi connectivity index (χ1) is 14.1. The fourth-order valence-corrected chi connectivity index (χ4v) is 2.94.